The number of benzene rings is 1. The molecule has 238 valence electrons. The number of halogens is 1. The van der Waals surface area contributed by atoms with Crippen LogP contribution in [0.5, 0.6) is 0 Å². The molecule has 1 saturated carbocycles. The molecule has 4 heterocycles. The number of carbonyl (C=O) groups excluding carboxylic acids is 5. The van der Waals surface area contributed by atoms with Crippen molar-refractivity contribution in [1.29, 1.82) is 0 Å². The molecule has 3 saturated heterocycles. The smallest absolute Gasteiger partial charge is 0.410 e. The monoisotopic (exact) mass is 629 g/mol. The highest BCUT2D eigenvalue weighted by atomic mass is 35.5. The van der Waals surface area contributed by atoms with Crippen LogP contribution >= 0.6 is 11.6 Å². The van der Waals surface area contributed by atoms with Crippen molar-refractivity contribution in [3.05, 3.63) is 28.3 Å². The molecule has 0 spiro atoms. The number of carbonyl (C=O) groups is 5. The number of hydrogen-bond acceptors (Lipinski definition) is 9. The van der Waals surface area contributed by atoms with Crippen LogP contribution in [0.15, 0.2) is 12.1 Å². The van der Waals surface area contributed by atoms with E-state index < -0.39 is 35.3 Å². The van der Waals surface area contributed by atoms with Gasteiger partial charge in [-0.3, -0.25) is 34.3 Å². The molecule has 5 amide bonds. The van der Waals surface area contributed by atoms with Crippen LogP contribution in [0.2, 0.25) is 5.02 Å². The normalized spacial score (nSPS) is 26.9. The number of nitrogens with zero attached hydrogens (tertiary/aromatic N) is 4. The van der Waals surface area contributed by atoms with E-state index in [1.165, 1.54) is 0 Å². The van der Waals surface area contributed by atoms with E-state index in [2.05, 4.69) is 15.1 Å². The molecule has 5 aliphatic rings. The molecule has 44 heavy (non-hydrogen) atoms. The van der Waals surface area contributed by atoms with Gasteiger partial charge in [-0.25, -0.2) is 4.79 Å². The Bertz CT molecular complexity index is 1360. The highest BCUT2D eigenvalue weighted by Gasteiger charge is 2.46. The number of piperidine rings is 2. The molecule has 4 fully saturated rings. The number of ether oxygens (including phenoxy) is 2. The number of hydrogen-bond donors (Lipinski definition) is 1. The van der Waals surface area contributed by atoms with Crippen LogP contribution in [-0.4, -0.2) is 114 Å². The van der Waals surface area contributed by atoms with E-state index in [0.717, 1.165) is 56.8 Å². The second kappa shape index (κ2) is 11.9. The molecule has 1 aliphatic carbocycles. The Kier molecular flexibility index (Phi) is 8.36. The van der Waals surface area contributed by atoms with E-state index in [0.29, 0.717) is 24.8 Å². The first-order valence-corrected chi connectivity index (χ1v) is 15.9. The summed E-state index contributed by atoms with van der Waals surface area (Å²) < 4.78 is 11.9. The summed E-state index contributed by atoms with van der Waals surface area (Å²) in [5.41, 5.74) is 0.509. The molecular weight excluding hydrogens is 590 g/mol. The number of anilines is 1. The Balaban J connectivity index is 0.978. The summed E-state index contributed by atoms with van der Waals surface area (Å²) in [7, 11) is 0. The van der Waals surface area contributed by atoms with Crippen molar-refractivity contribution in [1.82, 2.24) is 20.0 Å². The maximum absolute atomic E-state index is 13.3. The third-order valence-electron chi connectivity index (χ3n) is 9.25. The van der Waals surface area contributed by atoms with E-state index in [1.807, 2.05) is 20.8 Å². The second-order valence-corrected chi connectivity index (χ2v) is 13.7. The Labute approximate surface area is 261 Å². The van der Waals surface area contributed by atoms with Gasteiger partial charge in [-0.05, 0) is 65.0 Å². The molecule has 6 rings (SSSR count). The lowest BCUT2D eigenvalue weighted by Crippen LogP contribution is -2.56. The summed E-state index contributed by atoms with van der Waals surface area (Å²) >= 11 is 6.76. The quantitative estimate of drug-likeness (QED) is 0.489. The van der Waals surface area contributed by atoms with Gasteiger partial charge < -0.3 is 19.3 Å². The van der Waals surface area contributed by atoms with Crippen LogP contribution < -0.4 is 10.2 Å². The lowest BCUT2D eigenvalue weighted by Gasteiger charge is -2.47. The predicted octanol–water partition coefficient (Wildman–Crippen LogP) is 2.81. The van der Waals surface area contributed by atoms with E-state index in [-0.39, 0.29) is 47.3 Å². The van der Waals surface area contributed by atoms with Crippen molar-refractivity contribution < 1.29 is 33.4 Å². The zero-order valence-electron chi connectivity index (χ0n) is 25.5. The lowest BCUT2D eigenvalue weighted by atomic mass is 9.87. The number of fused-ring (bicyclic) bond motifs is 1. The average molecular weight is 630 g/mol. The van der Waals surface area contributed by atoms with Crippen molar-refractivity contribution >= 4 is 47.0 Å². The minimum atomic E-state index is -1.02. The van der Waals surface area contributed by atoms with Crippen LogP contribution in [0.3, 0.4) is 0 Å². The fraction of sp³-hybridized carbons (Fsp3) is 0.645. The number of nitrogens with one attached hydrogen (secondary N) is 1. The first-order valence-electron chi connectivity index (χ1n) is 15.6. The van der Waals surface area contributed by atoms with Gasteiger partial charge in [0.25, 0.3) is 11.8 Å². The van der Waals surface area contributed by atoms with E-state index >= 15 is 0 Å². The molecule has 1 atom stereocenters. The molecule has 0 bridgehead atoms. The largest absolute Gasteiger partial charge is 0.444 e. The highest BCUT2D eigenvalue weighted by molar-refractivity contribution is 6.39. The molecule has 0 radical (unpaired) electrons. The van der Waals surface area contributed by atoms with Gasteiger partial charge >= 0.3 is 6.09 Å². The molecule has 1 N–H and O–H groups in total. The van der Waals surface area contributed by atoms with Crippen molar-refractivity contribution in [3.8, 4) is 0 Å². The van der Waals surface area contributed by atoms with Crippen LogP contribution in [-0.2, 0) is 19.1 Å². The van der Waals surface area contributed by atoms with E-state index in [9.17, 15) is 24.0 Å². The third-order valence-corrected chi connectivity index (χ3v) is 9.63. The Hall–Kier alpha value is -3.22. The van der Waals surface area contributed by atoms with Gasteiger partial charge in [0.05, 0.1) is 34.0 Å². The van der Waals surface area contributed by atoms with Crippen molar-refractivity contribution in [3.63, 3.8) is 0 Å². The van der Waals surface area contributed by atoms with Gasteiger partial charge in [-0.2, -0.15) is 0 Å². The number of piperazine rings is 1. The molecule has 0 aromatic heterocycles. The number of likely N-dealkylation sites (tertiary alicyclic amines) is 1. The van der Waals surface area contributed by atoms with Crippen molar-refractivity contribution in [2.45, 2.75) is 89.2 Å². The maximum Gasteiger partial charge on any atom is 0.410 e. The second-order valence-electron chi connectivity index (χ2n) is 13.3. The van der Waals surface area contributed by atoms with Gasteiger partial charge in [0.2, 0.25) is 11.8 Å². The predicted molar refractivity (Wildman–Crippen MR) is 161 cm³/mol. The van der Waals surface area contributed by atoms with Crippen molar-refractivity contribution in [2.24, 2.45) is 0 Å². The van der Waals surface area contributed by atoms with Gasteiger partial charge in [0, 0.05) is 51.7 Å². The summed E-state index contributed by atoms with van der Waals surface area (Å²) in [4.78, 5) is 70.0. The van der Waals surface area contributed by atoms with E-state index in [4.69, 9.17) is 21.1 Å². The Morgan fingerprint density at radius 3 is 2.23 bits per heavy atom. The first kappa shape index (κ1) is 30.8. The van der Waals surface area contributed by atoms with Gasteiger partial charge in [0.1, 0.15) is 11.6 Å². The summed E-state index contributed by atoms with van der Waals surface area (Å²) in [5.74, 6) is -2.21. The van der Waals surface area contributed by atoms with Crippen molar-refractivity contribution in [2.75, 3.05) is 44.2 Å². The molecule has 12 nitrogen and oxygen atoms in total. The zero-order valence-corrected chi connectivity index (χ0v) is 26.2. The molecule has 1 aromatic carbocycles. The number of rotatable bonds is 5. The van der Waals surface area contributed by atoms with Gasteiger partial charge in [-0.1, -0.05) is 11.6 Å². The fourth-order valence-electron chi connectivity index (χ4n) is 6.80. The standard InChI is InChI=1S/C31H40ClN5O7/c1-31(2,3)44-30(42)36-10-8-19(9-11-36)43-20-16-18(17-20)34-12-14-35(15-13-34)22-5-4-21-25(26(22)32)29(41)37(28(21)40)23-6-7-24(38)33-27(23)39/h4-5,18-20,23H,6-17H2,1-3H3,(H,33,38,39)/t18?,20?,23-/m1/s1. The Morgan fingerprint density at radius 1 is 0.909 bits per heavy atom. The minimum Gasteiger partial charge on any atom is -0.444 e. The molecule has 0 unspecified atom stereocenters. The SMILES string of the molecule is CC(C)(C)OC(=O)N1CCC(OC2CC(N3CCN(c4ccc5c(c4Cl)C(=O)N([C@@H]4CCC(=O)NC4=O)C5=O)CC3)C2)CC1. The summed E-state index contributed by atoms with van der Waals surface area (Å²) in [6.07, 6.45) is 3.92. The third kappa shape index (κ3) is 6.03. The maximum atomic E-state index is 13.3. The number of imide groups is 2. The average Bonchev–Trinajstić information content (AvgIpc) is 3.20. The summed E-state index contributed by atoms with van der Waals surface area (Å²) in [6, 6.07) is 2.82. The molecular formula is C31H40ClN5O7. The number of amides is 5. The van der Waals surface area contributed by atoms with Crippen LogP contribution in [0, 0.1) is 0 Å². The minimum absolute atomic E-state index is 0.0656. The molecule has 1 aromatic rings. The van der Waals surface area contributed by atoms with Gasteiger partial charge in [-0.15, -0.1) is 0 Å². The van der Waals surface area contributed by atoms with E-state index in [1.54, 1.807) is 17.0 Å². The van der Waals surface area contributed by atoms with Crippen LogP contribution in [0.1, 0.15) is 80.0 Å². The summed E-state index contributed by atoms with van der Waals surface area (Å²) in [6.45, 7) is 10.1. The topological polar surface area (TPSA) is 129 Å². The van der Waals surface area contributed by atoms with Crippen LogP contribution in [0.25, 0.3) is 0 Å². The molecule has 4 aliphatic heterocycles. The van der Waals surface area contributed by atoms with Crippen LogP contribution in [0.4, 0.5) is 10.5 Å². The lowest BCUT2D eigenvalue weighted by molar-refractivity contribution is -0.136. The zero-order chi connectivity index (χ0) is 31.3. The van der Waals surface area contributed by atoms with Gasteiger partial charge in [0.15, 0.2) is 0 Å². The Morgan fingerprint density at radius 2 is 1.59 bits per heavy atom. The summed E-state index contributed by atoms with van der Waals surface area (Å²) in [5, 5.41) is 2.44. The highest BCUT2D eigenvalue weighted by Crippen LogP contribution is 2.39. The fourth-order valence-corrected chi connectivity index (χ4v) is 7.16. The molecule has 13 heteroatoms. The first-order chi connectivity index (χ1) is 20.9.